The molecule has 114 valence electrons. The molecule has 0 saturated heterocycles. The summed E-state index contributed by atoms with van der Waals surface area (Å²) in [5, 5.41) is -0.862. The summed E-state index contributed by atoms with van der Waals surface area (Å²) in [5.41, 5.74) is -3.77. The second kappa shape index (κ2) is 4.67. The fourth-order valence-electron chi connectivity index (χ4n) is 0.700. The number of rotatable bonds is 2. The molecule has 0 spiro atoms. The molecule has 0 aliphatic carbocycles. The van der Waals surface area contributed by atoms with Gasteiger partial charge in [0.05, 0.1) is 0 Å². The van der Waals surface area contributed by atoms with Crippen molar-refractivity contribution in [2.45, 2.75) is 24.3 Å². The highest BCUT2D eigenvalue weighted by Crippen LogP contribution is 2.46. The molecule has 0 rings (SSSR count). The van der Waals surface area contributed by atoms with Crippen LogP contribution >= 0.6 is 0 Å². The molecule has 0 aliphatic rings. The summed E-state index contributed by atoms with van der Waals surface area (Å²) in [6.07, 6.45) is -24.2. The molecule has 0 fully saturated rings. The van der Waals surface area contributed by atoms with Gasteiger partial charge in [-0.05, 0) is 0 Å². The van der Waals surface area contributed by atoms with Gasteiger partial charge in [0.2, 0.25) is 0 Å². The Kier molecular flexibility index (Phi) is 4.35. The van der Waals surface area contributed by atoms with Gasteiger partial charge >= 0.3 is 24.3 Å². The van der Waals surface area contributed by atoms with Crippen LogP contribution in [-0.2, 0) is 0 Å². The van der Waals surface area contributed by atoms with Crippen LogP contribution in [0, 0.1) is 0 Å². The minimum absolute atomic E-state index is 0.862. The molecular weight excluding hydrogens is 314 g/mol. The van der Waals surface area contributed by atoms with Crippen molar-refractivity contribution in [3.63, 3.8) is 0 Å². The van der Waals surface area contributed by atoms with Crippen molar-refractivity contribution in [2.75, 3.05) is 0 Å². The third kappa shape index (κ3) is 3.59. The maximum atomic E-state index is 12.7. The average molecular weight is 315 g/mol. The molecule has 0 aromatic heterocycles. The van der Waals surface area contributed by atoms with E-state index in [9.17, 15) is 52.7 Å². The van der Waals surface area contributed by atoms with Crippen LogP contribution in [0.5, 0.6) is 0 Å². The number of halogens is 12. The maximum absolute atomic E-state index is 12.7. The lowest BCUT2D eigenvalue weighted by Gasteiger charge is -2.32. The Morgan fingerprint density at radius 2 is 0.947 bits per heavy atom. The summed E-state index contributed by atoms with van der Waals surface area (Å²) < 4.78 is 142. The molecule has 0 bridgehead atoms. The minimum Gasteiger partial charge on any atom is -0.330 e. The summed E-state index contributed by atoms with van der Waals surface area (Å²) in [6, 6.07) is 0. The zero-order valence-corrected chi connectivity index (χ0v) is 8.04. The molecule has 0 amide bonds. The Labute approximate surface area is 95.4 Å². The van der Waals surface area contributed by atoms with E-state index < -0.39 is 41.4 Å². The first kappa shape index (κ1) is 17.7. The van der Waals surface area contributed by atoms with E-state index in [0.29, 0.717) is 0 Å². The van der Waals surface area contributed by atoms with Crippen LogP contribution in [0.1, 0.15) is 0 Å². The third-order valence-corrected chi connectivity index (χ3v) is 1.55. The van der Waals surface area contributed by atoms with Crippen LogP contribution in [0.2, 0.25) is 0 Å². The van der Waals surface area contributed by atoms with Gasteiger partial charge in [-0.15, -0.1) is 0 Å². The lowest BCUT2D eigenvalue weighted by Crippen LogP contribution is -2.63. The first-order valence-electron chi connectivity index (χ1n) is 3.77. The molecule has 1 N–H and O–H groups in total. The van der Waals surface area contributed by atoms with Crippen LogP contribution in [0.4, 0.5) is 52.7 Å². The number of hydrogen-bond acceptors (Lipinski definition) is 1. The number of nitrogens with one attached hydrogen (secondary N) is 1. The highest BCUT2D eigenvalue weighted by molar-refractivity contribution is 5.12. The maximum Gasteiger partial charge on any atom is 0.451 e. The first-order chi connectivity index (χ1) is 8.04. The Balaban J connectivity index is 5.82. The number of hydrogen-bond donors (Lipinski definition) is 1. The summed E-state index contributed by atoms with van der Waals surface area (Å²) >= 11 is 0. The normalized spacial score (nSPS) is 14.3. The zero-order chi connectivity index (χ0) is 15.9. The van der Waals surface area contributed by atoms with E-state index in [1.165, 1.54) is 0 Å². The second-order valence-corrected chi connectivity index (χ2v) is 2.91. The fraction of sp³-hybridized carbons (Fsp3) is 0.667. The van der Waals surface area contributed by atoms with E-state index in [0.717, 1.165) is 0 Å². The van der Waals surface area contributed by atoms with E-state index in [2.05, 4.69) is 0 Å². The van der Waals surface area contributed by atoms with Crippen molar-refractivity contribution in [3.8, 4) is 0 Å². The quantitative estimate of drug-likeness (QED) is 0.599. The Morgan fingerprint density at radius 3 is 1.11 bits per heavy atom. The van der Waals surface area contributed by atoms with Gasteiger partial charge in [-0.1, -0.05) is 0 Å². The molecule has 0 saturated carbocycles. The van der Waals surface area contributed by atoms with Crippen molar-refractivity contribution in [2.24, 2.45) is 0 Å². The minimum atomic E-state index is -6.95. The van der Waals surface area contributed by atoms with Crippen LogP contribution < -0.4 is 5.32 Å². The predicted molar refractivity (Wildman–Crippen MR) is 34.4 cm³/mol. The molecule has 13 heteroatoms. The van der Waals surface area contributed by atoms with Gasteiger partial charge in [-0.25, -0.2) is 0 Å². The Morgan fingerprint density at radius 1 is 0.632 bits per heavy atom. The molecule has 19 heavy (non-hydrogen) atoms. The van der Waals surface area contributed by atoms with E-state index in [1.807, 2.05) is 0 Å². The highest BCUT2D eigenvalue weighted by Gasteiger charge is 2.74. The number of allylic oxidation sites excluding steroid dienone is 1. The third-order valence-electron chi connectivity index (χ3n) is 1.55. The van der Waals surface area contributed by atoms with E-state index >= 15 is 0 Å². The van der Waals surface area contributed by atoms with E-state index in [1.54, 1.807) is 0 Å². The van der Waals surface area contributed by atoms with Crippen LogP contribution in [0.3, 0.4) is 0 Å². The van der Waals surface area contributed by atoms with Crippen molar-refractivity contribution < 1.29 is 52.7 Å². The fourth-order valence-corrected chi connectivity index (χ4v) is 0.700. The lowest BCUT2D eigenvalue weighted by molar-refractivity contribution is -0.352. The standard InChI is InChI=1S/C6HF12N/c7-2(8)1(3(9,10)11)19-4(12,5(13,14)15)6(16,17)18/h19H. The van der Waals surface area contributed by atoms with E-state index in [4.69, 9.17) is 0 Å². The molecule has 1 nitrogen and oxygen atoms in total. The number of alkyl halides is 10. The van der Waals surface area contributed by atoms with Gasteiger partial charge in [0.1, 0.15) is 0 Å². The highest BCUT2D eigenvalue weighted by atomic mass is 19.4. The molecule has 0 unspecified atom stereocenters. The van der Waals surface area contributed by atoms with Crippen molar-refractivity contribution in [3.05, 3.63) is 11.8 Å². The van der Waals surface area contributed by atoms with Crippen molar-refractivity contribution in [1.82, 2.24) is 5.32 Å². The Bertz CT molecular complexity index is 338. The topological polar surface area (TPSA) is 12.0 Å². The molecule has 0 aliphatic heterocycles. The van der Waals surface area contributed by atoms with Gasteiger partial charge in [-0.3, -0.25) is 0 Å². The summed E-state index contributed by atoms with van der Waals surface area (Å²) in [6.45, 7) is 0. The van der Waals surface area contributed by atoms with Crippen molar-refractivity contribution >= 4 is 0 Å². The van der Waals surface area contributed by atoms with Crippen LogP contribution in [0.15, 0.2) is 11.8 Å². The second-order valence-electron chi connectivity index (χ2n) is 2.91. The van der Waals surface area contributed by atoms with Crippen LogP contribution in [0.25, 0.3) is 0 Å². The van der Waals surface area contributed by atoms with E-state index in [-0.39, 0.29) is 0 Å². The smallest absolute Gasteiger partial charge is 0.330 e. The largest absolute Gasteiger partial charge is 0.451 e. The molecule has 0 atom stereocenters. The lowest BCUT2D eigenvalue weighted by atomic mass is 10.2. The van der Waals surface area contributed by atoms with Gasteiger partial charge in [0.15, 0.2) is 5.70 Å². The van der Waals surface area contributed by atoms with Gasteiger partial charge in [0, 0.05) is 0 Å². The summed E-state index contributed by atoms with van der Waals surface area (Å²) in [7, 11) is 0. The molecule has 0 heterocycles. The summed E-state index contributed by atoms with van der Waals surface area (Å²) in [5.74, 6) is -6.67. The zero-order valence-electron chi connectivity index (χ0n) is 8.04. The van der Waals surface area contributed by atoms with Crippen LogP contribution in [-0.4, -0.2) is 24.3 Å². The molecule has 0 radical (unpaired) electrons. The SMILES string of the molecule is FC(F)=C(NC(F)(C(F)(F)F)C(F)(F)F)C(F)(F)F. The molecule has 0 aromatic carbocycles. The Hall–Kier alpha value is -1.30. The molecule has 0 aromatic rings. The predicted octanol–water partition coefficient (Wildman–Crippen LogP) is 4.04. The van der Waals surface area contributed by atoms with Gasteiger partial charge in [0.25, 0.3) is 6.08 Å². The van der Waals surface area contributed by atoms with Gasteiger partial charge < -0.3 is 5.32 Å². The average Bonchev–Trinajstić information content (AvgIpc) is 2.07. The summed E-state index contributed by atoms with van der Waals surface area (Å²) in [4.78, 5) is 0. The first-order valence-corrected chi connectivity index (χ1v) is 3.77. The van der Waals surface area contributed by atoms with Gasteiger partial charge in [-0.2, -0.15) is 52.7 Å². The molecular formula is C6HF12N. The van der Waals surface area contributed by atoms with Crippen molar-refractivity contribution in [1.29, 1.82) is 0 Å². The monoisotopic (exact) mass is 315 g/mol.